The molecule has 1 heterocycles. The molecule has 0 aliphatic heterocycles. The fraction of sp³-hybridized carbons (Fsp3) is 0.143. The lowest BCUT2D eigenvalue weighted by Gasteiger charge is -2.09. The Balaban J connectivity index is 1.58. The van der Waals surface area contributed by atoms with Crippen molar-refractivity contribution in [1.82, 2.24) is 5.43 Å². The third-order valence-electron chi connectivity index (χ3n) is 4.29. The Bertz CT molecular complexity index is 1070. The molecule has 2 aromatic carbocycles. The molecule has 0 bridgehead atoms. The SMILES string of the molecule is Cc1cccc(OCC(=O)NN=Cc2ccc(-c3ccccc3[N+](=O)[O-])o2)c1C. The van der Waals surface area contributed by atoms with E-state index in [9.17, 15) is 14.9 Å². The Kier molecular flexibility index (Phi) is 6.03. The average Bonchev–Trinajstić information content (AvgIpc) is 3.18. The molecule has 3 rings (SSSR count). The van der Waals surface area contributed by atoms with Gasteiger partial charge in [0.2, 0.25) is 0 Å². The maximum absolute atomic E-state index is 11.9. The molecular weight excluding hydrogens is 374 g/mol. The molecule has 0 saturated carbocycles. The quantitative estimate of drug-likeness (QED) is 0.371. The van der Waals surface area contributed by atoms with Crippen LogP contribution in [0, 0.1) is 24.0 Å². The number of aryl methyl sites for hydroxylation is 1. The predicted octanol–water partition coefficient (Wildman–Crippen LogP) is 4.00. The van der Waals surface area contributed by atoms with Crippen molar-refractivity contribution < 1.29 is 18.9 Å². The maximum Gasteiger partial charge on any atom is 0.280 e. The van der Waals surface area contributed by atoms with Gasteiger partial charge in [0.05, 0.1) is 16.7 Å². The van der Waals surface area contributed by atoms with Crippen LogP contribution in [0.4, 0.5) is 5.69 Å². The minimum absolute atomic E-state index is 0.0535. The number of nitro benzene ring substituents is 1. The second-order valence-corrected chi connectivity index (χ2v) is 6.26. The largest absolute Gasteiger partial charge is 0.483 e. The number of nitrogens with one attached hydrogen (secondary N) is 1. The molecule has 8 nitrogen and oxygen atoms in total. The molecule has 29 heavy (non-hydrogen) atoms. The summed E-state index contributed by atoms with van der Waals surface area (Å²) in [6.07, 6.45) is 1.31. The normalized spacial score (nSPS) is 10.8. The number of benzene rings is 2. The minimum atomic E-state index is -0.470. The van der Waals surface area contributed by atoms with E-state index in [1.165, 1.54) is 12.3 Å². The Hall–Kier alpha value is -3.94. The molecular formula is C21H19N3O5. The number of furan rings is 1. The highest BCUT2D eigenvalue weighted by Crippen LogP contribution is 2.30. The summed E-state index contributed by atoms with van der Waals surface area (Å²) < 4.78 is 11.1. The van der Waals surface area contributed by atoms with Gasteiger partial charge in [-0.25, -0.2) is 5.43 Å². The van der Waals surface area contributed by atoms with Crippen LogP contribution in [0.25, 0.3) is 11.3 Å². The minimum Gasteiger partial charge on any atom is -0.483 e. The molecule has 1 aromatic heterocycles. The van der Waals surface area contributed by atoms with E-state index in [-0.39, 0.29) is 12.3 Å². The van der Waals surface area contributed by atoms with Crippen LogP contribution in [-0.2, 0) is 4.79 Å². The van der Waals surface area contributed by atoms with Gasteiger partial charge in [-0.3, -0.25) is 14.9 Å². The number of rotatable bonds is 7. The van der Waals surface area contributed by atoms with Crippen LogP contribution in [-0.4, -0.2) is 23.7 Å². The number of hydrazone groups is 1. The number of carbonyl (C=O) groups is 1. The highest BCUT2D eigenvalue weighted by atomic mass is 16.6. The van der Waals surface area contributed by atoms with Gasteiger partial charge in [0.15, 0.2) is 6.61 Å². The van der Waals surface area contributed by atoms with Crippen molar-refractivity contribution in [3.63, 3.8) is 0 Å². The molecule has 0 radical (unpaired) electrons. The Morgan fingerprint density at radius 3 is 2.76 bits per heavy atom. The molecule has 8 heteroatoms. The smallest absolute Gasteiger partial charge is 0.280 e. The summed E-state index contributed by atoms with van der Waals surface area (Å²) in [6.45, 7) is 3.71. The Morgan fingerprint density at radius 2 is 1.97 bits per heavy atom. The molecule has 1 N–H and O–H groups in total. The first-order chi connectivity index (χ1) is 14.0. The van der Waals surface area contributed by atoms with E-state index in [1.807, 2.05) is 26.0 Å². The van der Waals surface area contributed by atoms with Gasteiger partial charge in [0.1, 0.15) is 17.3 Å². The third-order valence-corrected chi connectivity index (χ3v) is 4.29. The molecule has 3 aromatic rings. The molecule has 0 spiro atoms. The third kappa shape index (κ3) is 4.86. The maximum atomic E-state index is 11.9. The fourth-order valence-corrected chi connectivity index (χ4v) is 2.63. The lowest BCUT2D eigenvalue weighted by molar-refractivity contribution is -0.384. The molecule has 0 aliphatic carbocycles. The van der Waals surface area contributed by atoms with Crippen LogP contribution in [0.2, 0.25) is 0 Å². The number of carbonyl (C=O) groups excluding carboxylic acids is 1. The number of hydrogen-bond donors (Lipinski definition) is 1. The summed E-state index contributed by atoms with van der Waals surface area (Å²) >= 11 is 0. The van der Waals surface area contributed by atoms with Gasteiger partial charge < -0.3 is 9.15 Å². The van der Waals surface area contributed by atoms with Crippen molar-refractivity contribution in [1.29, 1.82) is 0 Å². The lowest BCUT2D eigenvalue weighted by Crippen LogP contribution is -2.24. The van der Waals surface area contributed by atoms with E-state index in [1.54, 1.807) is 36.4 Å². The topological polar surface area (TPSA) is 107 Å². The van der Waals surface area contributed by atoms with E-state index in [0.717, 1.165) is 11.1 Å². The summed E-state index contributed by atoms with van der Waals surface area (Å²) in [6, 6.07) is 15.1. The van der Waals surface area contributed by atoms with Gasteiger partial charge in [-0.05, 0) is 49.2 Å². The van der Waals surface area contributed by atoms with E-state index >= 15 is 0 Å². The van der Waals surface area contributed by atoms with E-state index in [2.05, 4.69) is 10.5 Å². The fourth-order valence-electron chi connectivity index (χ4n) is 2.63. The number of hydrogen-bond acceptors (Lipinski definition) is 6. The predicted molar refractivity (Wildman–Crippen MR) is 108 cm³/mol. The molecule has 0 aliphatic rings. The Morgan fingerprint density at radius 1 is 1.17 bits per heavy atom. The first-order valence-electron chi connectivity index (χ1n) is 8.80. The highest BCUT2D eigenvalue weighted by molar-refractivity contribution is 5.82. The first-order valence-corrected chi connectivity index (χ1v) is 8.80. The summed E-state index contributed by atoms with van der Waals surface area (Å²) in [5.41, 5.74) is 4.71. The van der Waals surface area contributed by atoms with Gasteiger partial charge >= 0.3 is 0 Å². The van der Waals surface area contributed by atoms with E-state index in [0.29, 0.717) is 22.8 Å². The Labute approximate surface area is 167 Å². The van der Waals surface area contributed by atoms with Gasteiger partial charge in [-0.1, -0.05) is 24.3 Å². The second-order valence-electron chi connectivity index (χ2n) is 6.26. The molecule has 148 valence electrons. The van der Waals surface area contributed by atoms with Crippen molar-refractivity contribution in [2.24, 2.45) is 5.10 Å². The number of para-hydroxylation sites is 1. The second kappa shape index (κ2) is 8.83. The molecule has 0 unspecified atom stereocenters. The number of amides is 1. The summed E-state index contributed by atoms with van der Waals surface area (Å²) in [5, 5.41) is 15.0. The molecule has 0 atom stereocenters. The van der Waals surface area contributed by atoms with Crippen molar-refractivity contribution in [2.75, 3.05) is 6.61 Å². The number of nitrogens with zero attached hydrogens (tertiary/aromatic N) is 2. The lowest BCUT2D eigenvalue weighted by atomic mass is 10.1. The van der Waals surface area contributed by atoms with E-state index < -0.39 is 10.8 Å². The summed E-state index contributed by atoms with van der Waals surface area (Å²) in [4.78, 5) is 22.6. The van der Waals surface area contributed by atoms with Crippen molar-refractivity contribution >= 4 is 17.8 Å². The first kappa shape index (κ1) is 19.8. The summed E-state index contributed by atoms with van der Waals surface area (Å²) in [7, 11) is 0. The number of nitro groups is 1. The van der Waals surface area contributed by atoms with Gasteiger partial charge in [0.25, 0.3) is 11.6 Å². The standard InChI is InChI=1S/C21H19N3O5/c1-14-6-5-9-19(15(14)2)28-13-21(25)23-22-12-16-10-11-20(29-16)17-7-3-4-8-18(17)24(26)27/h3-12H,13H2,1-2H3,(H,23,25). The van der Waals surface area contributed by atoms with E-state index in [4.69, 9.17) is 9.15 Å². The van der Waals surface area contributed by atoms with Crippen molar-refractivity contribution in [2.45, 2.75) is 13.8 Å². The van der Waals surface area contributed by atoms with Gasteiger partial charge in [-0.15, -0.1) is 0 Å². The van der Waals surface area contributed by atoms with Crippen LogP contribution < -0.4 is 10.2 Å². The van der Waals surface area contributed by atoms with Crippen LogP contribution in [0.5, 0.6) is 5.75 Å². The van der Waals surface area contributed by atoms with Crippen LogP contribution >= 0.6 is 0 Å². The van der Waals surface area contributed by atoms with Gasteiger partial charge in [-0.2, -0.15) is 5.10 Å². The zero-order valence-corrected chi connectivity index (χ0v) is 15.9. The van der Waals surface area contributed by atoms with Crippen LogP contribution in [0.15, 0.2) is 64.1 Å². The van der Waals surface area contributed by atoms with Crippen LogP contribution in [0.1, 0.15) is 16.9 Å². The zero-order chi connectivity index (χ0) is 20.8. The molecule has 0 saturated heterocycles. The van der Waals surface area contributed by atoms with Gasteiger partial charge in [0, 0.05) is 6.07 Å². The summed E-state index contributed by atoms with van der Waals surface area (Å²) in [5.74, 6) is 0.897. The monoisotopic (exact) mass is 393 g/mol. The van der Waals surface area contributed by atoms with Crippen molar-refractivity contribution in [3.05, 3.63) is 81.6 Å². The van der Waals surface area contributed by atoms with Crippen molar-refractivity contribution in [3.8, 4) is 17.1 Å². The zero-order valence-electron chi connectivity index (χ0n) is 15.9. The highest BCUT2D eigenvalue weighted by Gasteiger charge is 2.16. The molecule has 0 fully saturated rings. The molecule has 1 amide bonds. The van der Waals surface area contributed by atoms with Crippen LogP contribution in [0.3, 0.4) is 0 Å². The average molecular weight is 393 g/mol. The number of ether oxygens (including phenoxy) is 1.